The minimum Gasteiger partial charge on any atom is -0.357 e. The maximum absolute atomic E-state index is 11.8. The third-order valence-corrected chi connectivity index (χ3v) is 2.83. The topological polar surface area (TPSA) is 98.8 Å². The first kappa shape index (κ1) is 14.0. The van der Waals surface area contributed by atoms with Crippen molar-refractivity contribution >= 4 is 28.7 Å². The summed E-state index contributed by atoms with van der Waals surface area (Å²) in [5.41, 5.74) is 0.639. The molecule has 0 aliphatic carbocycles. The lowest BCUT2D eigenvalue weighted by Gasteiger charge is -2.18. The predicted molar refractivity (Wildman–Crippen MR) is 77.8 cm³/mol. The summed E-state index contributed by atoms with van der Waals surface area (Å²) in [4.78, 5) is 22.2. The van der Waals surface area contributed by atoms with Gasteiger partial charge in [0.25, 0.3) is 0 Å². The van der Waals surface area contributed by atoms with Crippen molar-refractivity contribution in [2.24, 2.45) is 0 Å². The summed E-state index contributed by atoms with van der Waals surface area (Å²) in [6.45, 7) is 2.93. The molecule has 0 unspecified atom stereocenters. The highest BCUT2D eigenvalue weighted by Gasteiger charge is 2.15. The molecule has 108 valence electrons. The molecule has 0 radical (unpaired) electrons. The first-order chi connectivity index (χ1) is 9.65. The van der Waals surface area contributed by atoms with Gasteiger partial charge >= 0.3 is 0 Å². The molecule has 0 atom stereocenters. The predicted octanol–water partition coefficient (Wildman–Crippen LogP) is 0.357. The number of fused-ring (bicyclic) bond motifs is 1. The van der Waals surface area contributed by atoms with Crippen molar-refractivity contribution in [1.82, 2.24) is 25.5 Å². The van der Waals surface area contributed by atoms with Crippen molar-refractivity contribution in [1.29, 1.82) is 0 Å². The third-order valence-electron chi connectivity index (χ3n) is 2.83. The minimum atomic E-state index is -0.0318. The van der Waals surface area contributed by atoms with Gasteiger partial charge < -0.3 is 15.5 Å². The van der Waals surface area contributed by atoms with Crippen LogP contribution in [0.3, 0.4) is 0 Å². The number of likely N-dealkylation sites (N-methyl/N-ethyl adjacent to an activating group) is 1. The molecule has 8 nitrogen and oxygen atoms in total. The molecule has 20 heavy (non-hydrogen) atoms. The van der Waals surface area contributed by atoms with Crippen LogP contribution in [0.4, 0.5) is 11.8 Å². The second-order valence-corrected chi connectivity index (χ2v) is 4.46. The second-order valence-electron chi connectivity index (χ2n) is 4.46. The normalized spacial score (nSPS) is 10.6. The van der Waals surface area contributed by atoms with Gasteiger partial charge in [-0.1, -0.05) is 6.92 Å². The molecular weight excluding hydrogens is 258 g/mol. The first-order valence-electron chi connectivity index (χ1n) is 6.52. The van der Waals surface area contributed by atoms with Crippen LogP contribution in [0, 0.1) is 0 Å². The Morgan fingerprint density at radius 2 is 2.25 bits per heavy atom. The van der Waals surface area contributed by atoms with Gasteiger partial charge in [-0.05, 0) is 6.42 Å². The number of anilines is 2. The monoisotopic (exact) mass is 277 g/mol. The van der Waals surface area contributed by atoms with Crippen LogP contribution in [0.5, 0.6) is 0 Å². The highest BCUT2D eigenvalue weighted by Crippen LogP contribution is 2.22. The van der Waals surface area contributed by atoms with E-state index in [2.05, 4.69) is 30.8 Å². The Hall–Kier alpha value is -2.38. The largest absolute Gasteiger partial charge is 0.357 e. The van der Waals surface area contributed by atoms with Crippen LogP contribution in [0.1, 0.15) is 13.3 Å². The van der Waals surface area contributed by atoms with Crippen molar-refractivity contribution in [2.45, 2.75) is 13.3 Å². The number of hydrogen-bond donors (Lipinski definition) is 3. The van der Waals surface area contributed by atoms with Crippen molar-refractivity contribution in [3.63, 3.8) is 0 Å². The minimum absolute atomic E-state index is 0.0318. The van der Waals surface area contributed by atoms with E-state index in [1.54, 1.807) is 18.1 Å². The average molecular weight is 277 g/mol. The zero-order chi connectivity index (χ0) is 14.5. The number of aromatic amines is 1. The number of carbonyl (C=O) groups excluding carboxylic acids is 1. The Labute approximate surface area is 117 Å². The van der Waals surface area contributed by atoms with Crippen LogP contribution in [0.2, 0.25) is 0 Å². The smallest absolute Gasteiger partial charge is 0.239 e. The highest BCUT2D eigenvalue weighted by molar-refractivity contribution is 5.90. The molecule has 3 N–H and O–H groups in total. The van der Waals surface area contributed by atoms with Gasteiger partial charge in [-0.25, -0.2) is 0 Å². The van der Waals surface area contributed by atoms with Crippen molar-refractivity contribution < 1.29 is 4.79 Å². The Morgan fingerprint density at radius 3 is 2.95 bits per heavy atom. The summed E-state index contributed by atoms with van der Waals surface area (Å²) >= 11 is 0. The molecule has 0 aliphatic rings. The van der Waals surface area contributed by atoms with Crippen molar-refractivity contribution in [2.75, 3.05) is 37.4 Å². The highest BCUT2D eigenvalue weighted by atomic mass is 16.2. The molecule has 1 amide bonds. The van der Waals surface area contributed by atoms with Crippen LogP contribution in [-0.2, 0) is 4.79 Å². The molecule has 2 aromatic rings. The number of carbonyl (C=O) groups is 1. The molecule has 0 saturated heterocycles. The van der Waals surface area contributed by atoms with Gasteiger partial charge in [0, 0.05) is 20.6 Å². The molecule has 0 aromatic carbocycles. The standard InChI is InChI=1S/C12H19N7O/c1-4-5-14-9(20)7-19(3)11-8-6-15-18-10(8)16-12(13-2)17-11/h6H,4-5,7H2,1-3H3,(H,14,20)(H2,13,15,16,17,18). The molecule has 2 rings (SSSR count). The second kappa shape index (κ2) is 6.18. The van der Waals surface area contributed by atoms with Gasteiger partial charge in [0.1, 0.15) is 5.82 Å². The molecular formula is C12H19N7O. The molecule has 2 heterocycles. The maximum atomic E-state index is 11.8. The van der Waals surface area contributed by atoms with Gasteiger partial charge in [-0.2, -0.15) is 15.1 Å². The lowest BCUT2D eigenvalue weighted by molar-refractivity contribution is -0.119. The lowest BCUT2D eigenvalue weighted by atomic mass is 10.3. The van der Waals surface area contributed by atoms with Crippen molar-refractivity contribution in [3.05, 3.63) is 6.20 Å². The van der Waals surface area contributed by atoms with Gasteiger partial charge in [0.15, 0.2) is 5.65 Å². The van der Waals surface area contributed by atoms with E-state index in [0.29, 0.717) is 24.0 Å². The van der Waals surface area contributed by atoms with E-state index in [1.807, 2.05) is 14.0 Å². The molecule has 0 fully saturated rings. The van der Waals surface area contributed by atoms with Crippen LogP contribution in [0.25, 0.3) is 11.0 Å². The number of nitrogens with one attached hydrogen (secondary N) is 3. The van der Waals surface area contributed by atoms with Crippen LogP contribution in [0.15, 0.2) is 6.20 Å². The fraction of sp³-hybridized carbons (Fsp3) is 0.500. The fourth-order valence-corrected chi connectivity index (χ4v) is 1.83. The van der Waals surface area contributed by atoms with E-state index in [1.165, 1.54) is 0 Å². The van der Waals surface area contributed by atoms with Gasteiger partial charge in [0.05, 0.1) is 18.1 Å². The van der Waals surface area contributed by atoms with E-state index in [0.717, 1.165) is 11.8 Å². The summed E-state index contributed by atoms with van der Waals surface area (Å²) in [7, 11) is 3.56. The number of aromatic nitrogens is 4. The van der Waals surface area contributed by atoms with E-state index in [9.17, 15) is 4.79 Å². The van der Waals surface area contributed by atoms with E-state index in [-0.39, 0.29) is 12.5 Å². The van der Waals surface area contributed by atoms with Crippen LogP contribution < -0.4 is 15.5 Å². The SMILES string of the molecule is CCCNC(=O)CN(C)c1nc(NC)nc2[nH]ncc12. The maximum Gasteiger partial charge on any atom is 0.239 e. The molecule has 0 bridgehead atoms. The number of H-pyrrole nitrogens is 1. The third kappa shape index (κ3) is 2.95. The van der Waals surface area contributed by atoms with Crippen LogP contribution >= 0.6 is 0 Å². The van der Waals surface area contributed by atoms with Gasteiger partial charge in [-0.15, -0.1) is 0 Å². The summed E-state index contributed by atoms with van der Waals surface area (Å²) in [6, 6.07) is 0. The average Bonchev–Trinajstić information content (AvgIpc) is 2.91. The van der Waals surface area contributed by atoms with Gasteiger partial charge in [-0.3, -0.25) is 9.89 Å². The van der Waals surface area contributed by atoms with Crippen LogP contribution in [-0.4, -0.2) is 53.3 Å². The Kier molecular flexibility index (Phi) is 4.34. The molecule has 0 aliphatic heterocycles. The summed E-state index contributed by atoms with van der Waals surface area (Å²) in [5.74, 6) is 1.12. The lowest BCUT2D eigenvalue weighted by Crippen LogP contribution is -2.36. The summed E-state index contributed by atoms with van der Waals surface area (Å²) in [6.07, 6.45) is 2.57. The Morgan fingerprint density at radius 1 is 1.45 bits per heavy atom. The Balaban J connectivity index is 2.22. The summed E-state index contributed by atoms with van der Waals surface area (Å²) < 4.78 is 0. The molecule has 0 spiro atoms. The van der Waals surface area contributed by atoms with Crippen molar-refractivity contribution in [3.8, 4) is 0 Å². The van der Waals surface area contributed by atoms with Gasteiger partial charge in [0.2, 0.25) is 11.9 Å². The molecule has 8 heteroatoms. The zero-order valence-corrected chi connectivity index (χ0v) is 11.9. The quantitative estimate of drug-likeness (QED) is 0.705. The first-order valence-corrected chi connectivity index (χ1v) is 6.52. The number of amides is 1. The van der Waals surface area contributed by atoms with E-state index < -0.39 is 0 Å². The number of nitrogens with zero attached hydrogens (tertiary/aromatic N) is 4. The summed E-state index contributed by atoms with van der Waals surface area (Å²) in [5, 5.41) is 13.3. The van der Waals surface area contributed by atoms with E-state index >= 15 is 0 Å². The fourth-order valence-electron chi connectivity index (χ4n) is 1.83. The zero-order valence-electron chi connectivity index (χ0n) is 11.9. The molecule has 2 aromatic heterocycles. The molecule has 0 saturated carbocycles. The Bertz CT molecular complexity index is 595. The van der Waals surface area contributed by atoms with E-state index in [4.69, 9.17) is 0 Å². The number of hydrogen-bond acceptors (Lipinski definition) is 6. The number of rotatable bonds is 6.